The summed E-state index contributed by atoms with van der Waals surface area (Å²) in [6, 6.07) is 9.50. The summed E-state index contributed by atoms with van der Waals surface area (Å²) in [5.41, 5.74) is 1.64. The Morgan fingerprint density at radius 2 is 2.00 bits per heavy atom. The topological polar surface area (TPSA) is 43.1 Å². The predicted octanol–water partition coefficient (Wildman–Crippen LogP) is 3.21. The molecule has 0 amide bonds. The van der Waals surface area contributed by atoms with Gasteiger partial charge in [0.2, 0.25) is 0 Å². The molecule has 0 aliphatic carbocycles. The molecular weight excluding hydrogens is 304 g/mol. The van der Waals surface area contributed by atoms with Crippen LogP contribution in [0.5, 0.6) is 0 Å². The molecule has 0 saturated carbocycles. The van der Waals surface area contributed by atoms with Gasteiger partial charge in [0.05, 0.1) is 0 Å². The molecule has 84 valence electrons. The molecule has 0 saturated heterocycles. The molecule has 1 aromatic carbocycles. The summed E-state index contributed by atoms with van der Waals surface area (Å²) in [5.74, 6) is 0.733. The molecule has 3 rings (SSSR count). The van der Waals surface area contributed by atoms with Crippen LogP contribution in [0.4, 0.5) is 0 Å². The van der Waals surface area contributed by atoms with Crippen LogP contribution in [0.1, 0.15) is 0 Å². The van der Waals surface area contributed by atoms with E-state index in [0.717, 1.165) is 15.9 Å². The van der Waals surface area contributed by atoms with E-state index in [0.29, 0.717) is 10.8 Å². The molecule has 0 fully saturated rings. The van der Waals surface area contributed by atoms with E-state index in [4.69, 9.17) is 11.6 Å². The third kappa shape index (κ3) is 1.81. The van der Waals surface area contributed by atoms with Gasteiger partial charge in [-0.15, -0.1) is 10.2 Å². The van der Waals surface area contributed by atoms with E-state index < -0.39 is 0 Å². The van der Waals surface area contributed by atoms with E-state index in [9.17, 15) is 0 Å². The molecule has 0 aliphatic heterocycles. The summed E-state index contributed by atoms with van der Waals surface area (Å²) < 4.78 is 2.76. The number of rotatable bonds is 1. The zero-order chi connectivity index (χ0) is 11.8. The van der Waals surface area contributed by atoms with Crippen LogP contribution in [0.3, 0.4) is 0 Å². The monoisotopic (exact) mass is 308 g/mol. The van der Waals surface area contributed by atoms with Gasteiger partial charge >= 0.3 is 0 Å². The summed E-state index contributed by atoms with van der Waals surface area (Å²) in [6.07, 6.45) is 1.62. The van der Waals surface area contributed by atoms with Crippen molar-refractivity contribution in [3.8, 4) is 11.4 Å². The van der Waals surface area contributed by atoms with E-state index in [-0.39, 0.29) is 0 Å². The Morgan fingerprint density at radius 3 is 2.82 bits per heavy atom. The maximum Gasteiger partial charge on any atom is 0.170 e. The molecule has 0 aliphatic rings. The van der Waals surface area contributed by atoms with Crippen LogP contribution in [0.2, 0.25) is 5.15 Å². The lowest BCUT2D eigenvalue weighted by atomic mass is 10.2. The lowest BCUT2D eigenvalue weighted by Crippen LogP contribution is -1.91. The first-order valence-corrected chi connectivity index (χ1v) is 6.04. The second-order valence-electron chi connectivity index (χ2n) is 3.44. The van der Waals surface area contributed by atoms with Crippen molar-refractivity contribution in [1.29, 1.82) is 0 Å². The lowest BCUT2D eigenvalue weighted by Gasteiger charge is -2.01. The SMILES string of the molecule is Clc1cc2nnc(-c3ccccc3Br)n2cn1. The minimum atomic E-state index is 0.406. The second kappa shape index (κ2) is 4.09. The molecule has 0 spiro atoms. The summed E-state index contributed by atoms with van der Waals surface area (Å²) in [4.78, 5) is 4.03. The van der Waals surface area contributed by atoms with E-state index >= 15 is 0 Å². The van der Waals surface area contributed by atoms with Gasteiger partial charge in [0.15, 0.2) is 11.5 Å². The number of hydrogen-bond acceptors (Lipinski definition) is 3. The maximum atomic E-state index is 5.80. The third-order valence-corrected chi connectivity index (χ3v) is 3.28. The van der Waals surface area contributed by atoms with Crippen LogP contribution in [0.15, 0.2) is 41.1 Å². The fourth-order valence-electron chi connectivity index (χ4n) is 1.60. The number of nitrogens with zero attached hydrogens (tertiary/aromatic N) is 4. The van der Waals surface area contributed by atoms with Crippen molar-refractivity contribution in [2.24, 2.45) is 0 Å². The molecule has 0 radical (unpaired) electrons. The van der Waals surface area contributed by atoms with Gasteiger partial charge in [-0.3, -0.25) is 4.40 Å². The van der Waals surface area contributed by atoms with Crippen molar-refractivity contribution in [2.45, 2.75) is 0 Å². The van der Waals surface area contributed by atoms with Crippen LogP contribution < -0.4 is 0 Å². The molecule has 2 aromatic heterocycles. The van der Waals surface area contributed by atoms with E-state index in [1.54, 1.807) is 16.8 Å². The third-order valence-electron chi connectivity index (χ3n) is 2.38. The van der Waals surface area contributed by atoms with Gasteiger partial charge in [-0.25, -0.2) is 4.98 Å². The fraction of sp³-hybridized carbons (Fsp3) is 0. The van der Waals surface area contributed by atoms with E-state index in [1.807, 2.05) is 24.3 Å². The Morgan fingerprint density at radius 1 is 1.18 bits per heavy atom. The van der Waals surface area contributed by atoms with Gasteiger partial charge in [-0.2, -0.15) is 0 Å². The molecule has 17 heavy (non-hydrogen) atoms. The highest BCUT2D eigenvalue weighted by Crippen LogP contribution is 2.26. The predicted molar refractivity (Wildman–Crippen MR) is 68.9 cm³/mol. The Hall–Kier alpha value is -1.46. The first kappa shape index (κ1) is 10.7. The van der Waals surface area contributed by atoms with E-state index in [2.05, 4.69) is 31.1 Å². The normalized spacial score (nSPS) is 10.9. The van der Waals surface area contributed by atoms with Gasteiger partial charge in [-0.05, 0) is 6.07 Å². The number of hydrogen-bond donors (Lipinski definition) is 0. The highest BCUT2D eigenvalue weighted by Gasteiger charge is 2.10. The van der Waals surface area contributed by atoms with Crippen LogP contribution in [0, 0.1) is 0 Å². The number of fused-ring (bicyclic) bond motifs is 1. The lowest BCUT2D eigenvalue weighted by molar-refractivity contribution is 1.08. The number of aromatic nitrogens is 4. The zero-order valence-corrected chi connectivity index (χ0v) is 10.9. The van der Waals surface area contributed by atoms with Gasteiger partial charge in [0, 0.05) is 16.1 Å². The highest BCUT2D eigenvalue weighted by molar-refractivity contribution is 9.10. The van der Waals surface area contributed by atoms with Crippen LogP contribution in [-0.4, -0.2) is 19.6 Å². The van der Waals surface area contributed by atoms with Gasteiger partial charge in [0.1, 0.15) is 11.5 Å². The van der Waals surface area contributed by atoms with Gasteiger partial charge in [0.25, 0.3) is 0 Å². The zero-order valence-electron chi connectivity index (χ0n) is 8.51. The largest absolute Gasteiger partial charge is 0.265 e. The molecule has 0 bridgehead atoms. The standard InChI is InChI=1S/C11H6BrClN4/c12-8-4-2-1-3-7(8)11-16-15-10-5-9(13)14-6-17(10)11/h1-6H. The van der Waals surface area contributed by atoms with Gasteiger partial charge < -0.3 is 0 Å². The Labute approximate surface area is 110 Å². The summed E-state index contributed by atoms with van der Waals surface area (Å²) >= 11 is 9.29. The van der Waals surface area contributed by atoms with E-state index in [1.165, 1.54) is 0 Å². The molecule has 6 heteroatoms. The Bertz CT molecular complexity index is 695. The fourth-order valence-corrected chi connectivity index (χ4v) is 2.20. The van der Waals surface area contributed by atoms with Crippen molar-refractivity contribution >= 4 is 33.2 Å². The van der Waals surface area contributed by atoms with Crippen molar-refractivity contribution in [3.63, 3.8) is 0 Å². The number of halogens is 2. The average molecular weight is 310 g/mol. The summed E-state index contributed by atoms with van der Waals surface area (Å²) in [6.45, 7) is 0. The molecular formula is C11H6BrClN4. The molecule has 0 unspecified atom stereocenters. The second-order valence-corrected chi connectivity index (χ2v) is 4.68. The molecule has 3 aromatic rings. The van der Waals surface area contributed by atoms with Crippen molar-refractivity contribution < 1.29 is 0 Å². The van der Waals surface area contributed by atoms with Crippen LogP contribution >= 0.6 is 27.5 Å². The van der Waals surface area contributed by atoms with Crippen LogP contribution in [0.25, 0.3) is 17.0 Å². The molecule has 0 N–H and O–H groups in total. The number of benzene rings is 1. The Kier molecular flexibility index (Phi) is 2.57. The first-order chi connectivity index (χ1) is 8.25. The van der Waals surface area contributed by atoms with Crippen molar-refractivity contribution in [3.05, 3.63) is 46.3 Å². The van der Waals surface area contributed by atoms with Crippen molar-refractivity contribution in [2.75, 3.05) is 0 Å². The Balaban J connectivity index is 2.29. The van der Waals surface area contributed by atoms with Crippen LogP contribution in [-0.2, 0) is 0 Å². The minimum Gasteiger partial charge on any atom is -0.265 e. The molecule has 4 nitrogen and oxygen atoms in total. The highest BCUT2D eigenvalue weighted by atomic mass is 79.9. The average Bonchev–Trinajstić information content (AvgIpc) is 2.72. The summed E-state index contributed by atoms with van der Waals surface area (Å²) in [7, 11) is 0. The van der Waals surface area contributed by atoms with Crippen molar-refractivity contribution in [1.82, 2.24) is 19.6 Å². The smallest absolute Gasteiger partial charge is 0.170 e. The molecule has 0 atom stereocenters. The first-order valence-electron chi connectivity index (χ1n) is 4.87. The minimum absolute atomic E-state index is 0.406. The quantitative estimate of drug-likeness (QED) is 0.648. The summed E-state index contributed by atoms with van der Waals surface area (Å²) in [5, 5.41) is 8.62. The molecule has 2 heterocycles. The van der Waals surface area contributed by atoms with Gasteiger partial charge in [-0.1, -0.05) is 45.7 Å². The maximum absolute atomic E-state index is 5.80.